The average Bonchev–Trinajstić information content (AvgIpc) is 2.39. The lowest BCUT2D eigenvalue weighted by molar-refractivity contribution is -0.139. The molecule has 7 heteroatoms. The molecule has 2 aliphatic rings. The van der Waals surface area contributed by atoms with Gasteiger partial charge >= 0.3 is 0 Å². The third-order valence-corrected chi connectivity index (χ3v) is 4.29. The van der Waals surface area contributed by atoms with Crippen LogP contribution < -0.4 is 5.32 Å². The minimum absolute atomic E-state index is 0. The number of carbonyl (C=O) groups is 2. The maximum Gasteiger partial charge on any atom is 0.236 e. The number of piperazine rings is 1. The summed E-state index contributed by atoms with van der Waals surface area (Å²) in [6, 6.07) is 0. The summed E-state index contributed by atoms with van der Waals surface area (Å²) in [5, 5.41) is 3.13. The van der Waals surface area contributed by atoms with Crippen LogP contribution in [-0.2, 0) is 9.59 Å². The molecule has 2 rings (SSSR count). The molecule has 0 saturated carbocycles. The minimum atomic E-state index is 0. The van der Waals surface area contributed by atoms with E-state index in [1.165, 1.54) is 0 Å². The maximum atomic E-state index is 12.1. The van der Waals surface area contributed by atoms with Crippen molar-refractivity contribution in [3.8, 4) is 0 Å². The van der Waals surface area contributed by atoms with Gasteiger partial charge in [-0.05, 0) is 13.8 Å². The molecule has 2 aliphatic heterocycles. The highest BCUT2D eigenvalue weighted by Crippen LogP contribution is 2.11. The number of nitrogens with zero attached hydrogens (tertiary/aromatic N) is 3. The van der Waals surface area contributed by atoms with Crippen molar-refractivity contribution in [1.82, 2.24) is 20.0 Å². The fraction of sp³-hybridized carbons (Fsp3) is 0.857. The molecule has 0 aromatic heterocycles. The molecule has 0 aromatic carbocycles. The molecular formula is C14H27ClN4O2. The van der Waals surface area contributed by atoms with E-state index in [2.05, 4.69) is 10.2 Å². The molecular weight excluding hydrogens is 292 g/mol. The zero-order valence-electron chi connectivity index (χ0n) is 13.0. The third kappa shape index (κ3) is 4.56. The Morgan fingerprint density at radius 1 is 1.10 bits per heavy atom. The van der Waals surface area contributed by atoms with Gasteiger partial charge in [0.25, 0.3) is 0 Å². The topological polar surface area (TPSA) is 55.9 Å². The summed E-state index contributed by atoms with van der Waals surface area (Å²) in [7, 11) is 0. The zero-order chi connectivity index (χ0) is 14.5. The van der Waals surface area contributed by atoms with E-state index in [9.17, 15) is 9.59 Å². The third-order valence-electron chi connectivity index (χ3n) is 4.29. The lowest BCUT2D eigenvalue weighted by Gasteiger charge is -2.38. The summed E-state index contributed by atoms with van der Waals surface area (Å²) in [4.78, 5) is 30.1. The van der Waals surface area contributed by atoms with Crippen molar-refractivity contribution >= 4 is 24.2 Å². The van der Waals surface area contributed by atoms with Gasteiger partial charge in [0.05, 0.1) is 12.5 Å². The number of likely N-dealkylation sites (N-methyl/N-ethyl adjacent to an activating group) is 1. The summed E-state index contributed by atoms with van der Waals surface area (Å²) in [6.45, 7) is 10.8. The smallest absolute Gasteiger partial charge is 0.236 e. The Bertz CT molecular complexity index is 351. The van der Waals surface area contributed by atoms with E-state index in [4.69, 9.17) is 0 Å². The van der Waals surface area contributed by atoms with Gasteiger partial charge in [0.2, 0.25) is 11.8 Å². The SMILES string of the molecule is CCN(CC)C(=O)CN1CCN(C(=O)C2CNC2)CC1.Cl. The van der Waals surface area contributed by atoms with Crippen LogP contribution in [0.15, 0.2) is 0 Å². The average molecular weight is 319 g/mol. The monoisotopic (exact) mass is 318 g/mol. The highest BCUT2D eigenvalue weighted by molar-refractivity contribution is 5.85. The Hall–Kier alpha value is -0.850. The fourth-order valence-electron chi connectivity index (χ4n) is 2.72. The van der Waals surface area contributed by atoms with Crippen molar-refractivity contribution in [2.75, 3.05) is 58.9 Å². The van der Waals surface area contributed by atoms with Crippen LogP contribution >= 0.6 is 12.4 Å². The Balaban J connectivity index is 0.00000220. The normalized spacial score (nSPS) is 19.6. The standard InChI is InChI=1S/C14H26N4O2.ClH/c1-3-17(4-2)13(19)11-16-5-7-18(8-6-16)14(20)12-9-15-10-12;/h12,15H,3-11H2,1-2H3;1H. The molecule has 2 amide bonds. The van der Waals surface area contributed by atoms with Gasteiger partial charge in [-0.15, -0.1) is 12.4 Å². The number of hydrogen-bond acceptors (Lipinski definition) is 4. The van der Waals surface area contributed by atoms with Crippen LogP contribution in [0.5, 0.6) is 0 Å². The number of carbonyl (C=O) groups excluding carboxylic acids is 2. The zero-order valence-corrected chi connectivity index (χ0v) is 13.8. The second-order valence-corrected chi connectivity index (χ2v) is 5.52. The van der Waals surface area contributed by atoms with Crippen LogP contribution in [0.2, 0.25) is 0 Å². The summed E-state index contributed by atoms with van der Waals surface area (Å²) in [5.41, 5.74) is 0. The second-order valence-electron chi connectivity index (χ2n) is 5.52. The molecule has 0 aliphatic carbocycles. The number of nitrogens with one attached hydrogen (secondary N) is 1. The molecule has 0 atom stereocenters. The molecule has 0 spiro atoms. The number of rotatable bonds is 5. The maximum absolute atomic E-state index is 12.1. The van der Waals surface area contributed by atoms with E-state index >= 15 is 0 Å². The van der Waals surface area contributed by atoms with Crippen LogP contribution in [0.25, 0.3) is 0 Å². The predicted molar refractivity (Wildman–Crippen MR) is 84.6 cm³/mol. The molecule has 2 fully saturated rings. The van der Waals surface area contributed by atoms with Crippen molar-refractivity contribution in [2.24, 2.45) is 5.92 Å². The van der Waals surface area contributed by atoms with Crippen LogP contribution in [-0.4, -0.2) is 85.4 Å². The van der Waals surface area contributed by atoms with Crippen molar-refractivity contribution < 1.29 is 9.59 Å². The molecule has 1 N–H and O–H groups in total. The van der Waals surface area contributed by atoms with Gasteiger partial charge in [-0.3, -0.25) is 14.5 Å². The number of halogens is 1. The largest absolute Gasteiger partial charge is 0.342 e. The van der Waals surface area contributed by atoms with Crippen molar-refractivity contribution in [3.05, 3.63) is 0 Å². The van der Waals surface area contributed by atoms with Crippen LogP contribution in [0.1, 0.15) is 13.8 Å². The Labute approximate surface area is 133 Å². The summed E-state index contributed by atoms with van der Waals surface area (Å²) < 4.78 is 0. The minimum Gasteiger partial charge on any atom is -0.342 e. The highest BCUT2D eigenvalue weighted by Gasteiger charge is 2.31. The lowest BCUT2D eigenvalue weighted by atomic mass is 10.0. The molecule has 0 radical (unpaired) electrons. The highest BCUT2D eigenvalue weighted by atomic mass is 35.5. The Kier molecular flexibility index (Phi) is 7.42. The van der Waals surface area contributed by atoms with E-state index in [0.717, 1.165) is 52.4 Å². The first-order chi connectivity index (χ1) is 9.65. The molecule has 0 unspecified atom stereocenters. The fourth-order valence-corrected chi connectivity index (χ4v) is 2.72. The van der Waals surface area contributed by atoms with Crippen LogP contribution in [0.4, 0.5) is 0 Å². The second kappa shape index (κ2) is 8.56. The first-order valence-electron chi connectivity index (χ1n) is 7.65. The van der Waals surface area contributed by atoms with Gasteiger partial charge in [-0.2, -0.15) is 0 Å². The van der Waals surface area contributed by atoms with E-state index < -0.39 is 0 Å². The van der Waals surface area contributed by atoms with E-state index in [0.29, 0.717) is 6.54 Å². The van der Waals surface area contributed by atoms with Crippen molar-refractivity contribution in [3.63, 3.8) is 0 Å². The van der Waals surface area contributed by atoms with Gasteiger partial charge in [0.15, 0.2) is 0 Å². The number of amides is 2. The first kappa shape index (κ1) is 18.2. The van der Waals surface area contributed by atoms with Crippen LogP contribution in [0.3, 0.4) is 0 Å². The number of hydrogen-bond donors (Lipinski definition) is 1. The quantitative estimate of drug-likeness (QED) is 0.752. The van der Waals surface area contributed by atoms with E-state index in [1.54, 1.807) is 0 Å². The Morgan fingerprint density at radius 2 is 1.67 bits per heavy atom. The molecule has 2 heterocycles. The summed E-state index contributed by atoms with van der Waals surface area (Å²) in [6.07, 6.45) is 0. The van der Waals surface area contributed by atoms with Gasteiger partial charge in [-0.25, -0.2) is 0 Å². The molecule has 122 valence electrons. The van der Waals surface area contributed by atoms with Crippen molar-refractivity contribution in [1.29, 1.82) is 0 Å². The van der Waals surface area contributed by atoms with E-state index in [-0.39, 0.29) is 30.1 Å². The predicted octanol–water partition coefficient (Wildman–Crippen LogP) is -0.360. The molecule has 0 bridgehead atoms. The van der Waals surface area contributed by atoms with Crippen LogP contribution in [0, 0.1) is 5.92 Å². The molecule has 21 heavy (non-hydrogen) atoms. The summed E-state index contributed by atoms with van der Waals surface area (Å²) in [5.74, 6) is 0.648. The first-order valence-corrected chi connectivity index (χ1v) is 7.65. The Morgan fingerprint density at radius 3 is 2.10 bits per heavy atom. The van der Waals surface area contributed by atoms with Gasteiger partial charge < -0.3 is 15.1 Å². The van der Waals surface area contributed by atoms with Gasteiger partial charge in [0, 0.05) is 52.4 Å². The molecule has 0 aromatic rings. The van der Waals surface area contributed by atoms with Gasteiger partial charge in [-0.1, -0.05) is 0 Å². The summed E-state index contributed by atoms with van der Waals surface area (Å²) >= 11 is 0. The van der Waals surface area contributed by atoms with Crippen molar-refractivity contribution in [2.45, 2.75) is 13.8 Å². The van der Waals surface area contributed by atoms with E-state index in [1.807, 2.05) is 23.6 Å². The lowest BCUT2D eigenvalue weighted by Crippen LogP contribution is -2.57. The molecule has 6 nitrogen and oxygen atoms in total. The van der Waals surface area contributed by atoms with Gasteiger partial charge in [0.1, 0.15) is 0 Å². The molecule has 2 saturated heterocycles.